The predicted molar refractivity (Wildman–Crippen MR) is 55.4 cm³/mol. The van der Waals surface area contributed by atoms with E-state index in [9.17, 15) is 4.79 Å². The average Bonchev–Trinajstić information content (AvgIpc) is 2.56. The molecule has 13 heavy (non-hydrogen) atoms. The minimum Gasteiger partial charge on any atom is -0.356 e. The summed E-state index contributed by atoms with van der Waals surface area (Å²) in [6.45, 7) is 0.727. The van der Waals surface area contributed by atoms with Crippen LogP contribution in [0.4, 0.5) is 0 Å². The van der Waals surface area contributed by atoms with Gasteiger partial charge in [0.25, 0.3) is 5.56 Å². The van der Waals surface area contributed by atoms with Gasteiger partial charge in [0.05, 0.1) is 6.20 Å². The molecule has 5 heteroatoms. The fourth-order valence-corrected chi connectivity index (χ4v) is 1.76. The largest absolute Gasteiger partial charge is 0.356 e. The molecule has 1 aromatic rings. The molecule has 0 bridgehead atoms. The van der Waals surface area contributed by atoms with Gasteiger partial charge in [0.15, 0.2) is 6.23 Å². The van der Waals surface area contributed by atoms with Crippen molar-refractivity contribution in [3.05, 3.63) is 26.2 Å². The van der Waals surface area contributed by atoms with E-state index in [0.29, 0.717) is 0 Å². The summed E-state index contributed by atoms with van der Waals surface area (Å²) in [6.07, 6.45) is 3.41. The van der Waals surface area contributed by atoms with E-state index in [1.807, 2.05) is 0 Å². The first-order chi connectivity index (χ1) is 6.27. The highest BCUT2D eigenvalue weighted by atomic mass is 127. The van der Waals surface area contributed by atoms with Gasteiger partial charge in [-0.05, 0) is 35.4 Å². The van der Waals surface area contributed by atoms with E-state index in [1.165, 1.54) is 4.68 Å². The zero-order valence-corrected chi connectivity index (χ0v) is 9.10. The van der Waals surface area contributed by atoms with Crippen molar-refractivity contribution < 1.29 is 4.74 Å². The van der Waals surface area contributed by atoms with Crippen LogP contribution in [-0.2, 0) is 4.74 Å². The smallest absolute Gasteiger partial charge is 0.270 e. The van der Waals surface area contributed by atoms with Gasteiger partial charge in [-0.1, -0.05) is 0 Å². The third-order valence-corrected chi connectivity index (χ3v) is 2.56. The summed E-state index contributed by atoms with van der Waals surface area (Å²) in [7, 11) is 0. The van der Waals surface area contributed by atoms with Gasteiger partial charge in [0, 0.05) is 16.2 Å². The molecule has 0 amide bonds. The Balaban J connectivity index is 2.34. The Morgan fingerprint density at radius 3 is 3.15 bits per heavy atom. The highest BCUT2D eigenvalue weighted by Gasteiger charge is 2.18. The van der Waals surface area contributed by atoms with Crippen LogP contribution in [0.15, 0.2) is 17.1 Å². The normalized spacial score (nSPS) is 22.1. The summed E-state index contributed by atoms with van der Waals surface area (Å²) in [6, 6.07) is 1.56. The molecule has 0 aromatic carbocycles. The fraction of sp³-hybridized carbons (Fsp3) is 0.500. The number of aromatic nitrogens is 2. The third kappa shape index (κ3) is 1.91. The molecule has 1 fully saturated rings. The maximum Gasteiger partial charge on any atom is 0.270 e. The summed E-state index contributed by atoms with van der Waals surface area (Å²) in [5, 5.41) is 4.03. The number of hydrogen-bond donors (Lipinski definition) is 0. The van der Waals surface area contributed by atoms with E-state index in [2.05, 4.69) is 27.7 Å². The maximum absolute atomic E-state index is 11.4. The van der Waals surface area contributed by atoms with Crippen LogP contribution in [0.1, 0.15) is 19.1 Å². The van der Waals surface area contributed by atoms with Crippen molar-refractivity contribution in [1.82, 2.24) is 9.78 Å². The monoisotopic (exact) mass is 292 g/mol. The van der Waals surface area contributed by atoms with E-state index in [1.54, 1.807) is 12.3 Å². The molecule has 70 valence electrons. The molecule has 0 saturated carbocycles. The van der Waals surface area contributed by atoms with Crippen LogP contribution >= 0.6 is 22.6 Å². The number of nitrogens with zero attached hydrogens (tertiary/aromatic N) is 2. The molecule has 0 aliphatic carbocycles. The maximum atomic E-state index is 11.4. The van der Waals surface area contributed by atoms with E-state index in [-0.39, 0.29) is 11.8 Å². The molecule has 0 spiro atoms. The van der Waals surface area contributed by atoms with Gasteiger partial charge >= 0.3 is 0 Å². The van der Waals surface area contributed by atoms with Gasteiger partial charge in [-0.2, -0.15) is 5.10 Å². The van der Waals surface area contributed by atoms with Crippen LogP contribution < -0.4 is 5.56 Å². The molecule has 1 aromatic heterocycles. The van der Waals surface area contributed by atoms with Gasteiger partial charge < -0.3 is 4.74 Å². The minimum absolute atomic E-state index is 0.0844. The summed E-state index contributed by atoms with van der Waals surface area (Å²) in [5.41, 5.74) is -0.0844. The van der Waals surface area contributed by atoms with E-state index >= 15 is 0 Å². The molecule has 4 nitrogen and oxygen atoms in total. The third-order valence-electron chi connectivity index (χ3n) is 1.97. The highest BCUT2D eigenvalue weighted by molar-refractivity contribution is 14.1. The second kappa shape index (κ2) is 3.75. The van der Waals surface area contributed by atoms with Crippen LogP contribution in [0.5, 0.6) is 0 Å². The molecule has 2 heterocycles. The second-order valence-electron chi connectivity index (χ2n) is 2.92. The summed E-state index contributed by atoms with van der Waals surface area (Å²) < 4.78 is 7.63. The summed E-state index contributed by atoms with van der Waals surface area (Å²) in [5.74, 6) is 0. The zero-order chi connectivity index (χ0) is 9.26. The zero-order valence-electron chi connectivity index (χ0n) is 6.94. The van der Waals surface area contributed by atoms with E-state index in [0.717, 1.165) is 23.0 Å². The predicted octanol–water partition coefficient (Wildman–Crippen LogP) is 1.16. The van der Waals surface area contributed by atoms with E-state index in [4.69, 9.17) is 4.74 Å². The Bertz CT molecular complexity index is 357. The molecule has 1 aliphatic heterocycles. The SMILES string of the molecule is O=c1cc(I)cnn1[C@H]1CCCO1. The quantitative estimate of drug-likeness (QED) is 0.730. The summed E-state index contributed by atoms with van der Waals surface area (Å²) in [4.78, 5) is 11.4. The molecular formula is C8H9IN2O2. The molecule has 2 rings (SSSR count). The first-order valence-electron chi connectivity index (χ1n) is 4.13. The van der Waals surface area contributed by atoms with Gasteiger partial charge in [-0.3, -0.25) is 4.79 Å². The molecule has 0 N–H and O–H groups in total. The minimum atomic E-state index is -0.149. The Morgan fingerprint density at radius 1 is 1.69 bits per heavy atom. The van der Waals surface area contributed by atoms with Crippen molar-refractivity contribution in [1.29, 1.82) is 0 Å². The first kappa shape index (κ1) is 9.14. The number of rotatable bonds is 1. The lowest BCUT2D eigenvalue weighted by Crippen LogP contribution is -2.26. The van der Waals surface area contributed by atoms with Crippen molar-refractivity contribution in [2.45, 2.75) is 19.1 Å². The standard InChI is InChI=1S/C8H9IN2O2/c9-6-4-7(12)11(10-5-6)8-2-1-3-13-8/h4-5,8H,1-3H2/t8-/m1/s1. The highest BCUT2D eigenvalue weighted by Crippen LogP contribution is 2.19. The number of halogens is 1. The van der Waals surface area contributed by atoms with Gasteiger partial charge in [-0.15, -0.1) is 0 Å². The topological polar surface area (TPSA) is 44.1 Å². The molecule has 0 radical (unpaired) electrons. The Hall–Kier alpha value is -0.430. The van der Waals surface area contributed by atoms with Crippen molar-refractivity contribution >= 4 is 22.6 Å². The fourth-order valence-electron chi connectivity index (χ4n) is 1.37. The Kier molecular flexibility index (Phi) is 2.63. The summed E-state index contributed by atoms with van der Waals surface area (Å²) >= 11 is 2.07. The number of hydrogen-bond acceptors (Lipinski definition) is 3. The Labute approximate surface area is 89.0 Å². The lowest BCUT2D eigenvalue weighted by Gasteiger charge is -2.10. The van der Waals surface area contributed by atoms with Crippen molar-refractivity contribution in [2.24, 2.45) is 0 Å². The number of ether oxygens (including phenoxy) is 1. The second-order valence-corrected chi connectivity index (χ2v) is 4.17. The molecule has 0 unspecified atom stereocenters. The van der Waals surface area contributed by atoms with Gasteiger partial charge in [0.1, 0.15) is 0 Å². The van der Waals surface area contributed by atoms with Crippen LogP contribution in [0.25, 0.3) is 0 Å². The van der Waals surface area contributed by atoms with Gasteiger partial charge in [-0.25, -0.2) is 4.68 Å². The first-order valence-corrected chi connectivity index (χ1v) is 5.21. The Morgan fingerprint density at radius 2 is 2.54 bits per heavy atom. The van der Waals surface area contributed by atoms with Crippen LogP contribution in [0, 0.1) is 3.57 Å². The molecule has 1 atom stereocenters. The lowest BCUT2D eigenvalue weighted by molar-refractivity contribution is 0.0426. The van der Waals surface area contributed by atoms with Crippen LogP contribution in [0.3, 0.4) is 0 Å². The van der Waals surface area contributed by atoms with Crippen LogP contribution in [0.2, 0.25) is 0 Å². The van der Waals surface area contributed by atoms with Crippen molar-refractivity contribution in [3.8, 4) is 0 Å². The van der Waals surface area contributed by atoms with Gasteiger partial charge in [0.2, 0.25) is 0 Å². The molecule has 1 saturated heterocycles. The van der Waals surface area contributed by atoms with E-state index < -0.39 is 0 Å². The lowest BCUT2D eigenvalue weighted by atomic mass is 10.3. The average molecular weight is 292 g/mol. The van der Waals surface area contributed by atoms with Crippen molar-refractivity contribution in [3.63, 3.8) is 0 Å². The van der Waals surface area contributed by atoms with Crippen molar-refractivity contribution in [2.75, 3.05) is 6.61 Å². The molecule has 1 aliphatic rings. The molecular weight excluding hydrogens is 283 g/mol. The van der Waals surface area contributed by atoms with Crippen LogP contribution in [-0.4, -0.2) is 16.4 Å².